The third kappa shape index (κ3) is 3.38. The number of hydrogen-bond donors (Lipinski definition) is 0. The molecular formula is C21H21N3O2. The van der Waals surface area contributed by atoms with Crippen molar-refractivity contribution in [1.29, 1.82) is 0 Å². The molecule has 0 fully saturated rings. The minimum atomic E-state index is 0.0393. The van der Waals surface area contributed by atoms with Gasteiger partial charge in [-0.2, -0.15) is 0 Å². The highest BCUT2D eigenvalue weighted by atomic mass is 16.5. The molecule has 0 unspecified atom stereocenters. The van der Waals surface area contributed by atoms with E-state index in [4.69, 9.17) is 4.52 Å². The average molecular weight is 347 g/mol. The van der Waals surface area contributed by atoms with Crippen molar-refractivity contribution in [2.24, 2.45) is 5.92 Å². The van der Waals surface area contributed by atoms with Gasteiger partial charge in [-0.05, 0) is 42.5 Å². The normalized spacial score (nSPS) is 16.1. The SMILES string of the molecule is CN(Cc1cc(-c2ccncc2)no1)C(=O)[C@H]1CCc2ccccc2C1. The van der Waals surface area contributed by atoms with E-state index in [1.807, 2.05) is 31.3 Å². The highest BCUT2D eigenvalue weighted by Gasteiger charge is 2.27. The quantitative estimate of drug-likeness (QED) is 0.725. The van der Waals surface area contributed by atoms with Gasteiger partial charge in [0.15, 0.2) is 5.76 Å². The Morgan fingerprint density at radius 1 is 1.19 bits per heavy atom. The topological polar surface area (TPSA) is 59.2 Å². The van der Waals surface area contributed by atoms with Crippen LogP contribution in [0.4, 0.5) is 0 Å². The van der Waals surface area contributed by atoms with Crippen molar-refractivity contribution in [2.45, 2.75) is 25.8 Å². The van der Waals surface area contributed by atoms with Crippen LogP contribution in [0.5, 0.6) is 0 Å². The molecule has 26 heavy (non-hydrogen) atoms. The zero-order valence-corrected chi connectivity index (χ0v) is 14.8. The monoisotopic (exact) mass is 347 g/mol. The van der Waals surface area contributed by atoms with E-state index >= 15 is 0 Å². The van der Waals surface area contributed by atoms with Crippen LogP contribution in [-0.2, 0) is 24.2 Å². The van der Waals surface area contributed by atoms with Crippen LogP contribution in [0.1, 0.15) is 23.3 Å². The van der Waals surface area contributed by atoms with E-state index in [1.165, 1.54) is 11.1 Å². The molecule has 1 amide bonds. The molecule has 1 aromatic carbocycles. The van der Waals surface area contributed by atoms with Crippen LogP contribution in [0.25, 0.3) is 11.3 Å². The summed E-state index contributed by atoms with van der Waals surface area (Å²) in [6.07, 6.45) is 6.13. The lowest BCUT2D eigenvalue weighted by molar-refractivity contribution is -0.135. The van der Waals surface area contributed by atoms with Crippen molar-refractivity contribution >= 4 is 5.91 Å². The number of rotatable bonds is 4. The van der Waals surface area contributed by atoms with Gasteiger partial charge in [0, 0.05) is 37.0 Å². The van der Waals surface area contributed by atoms with Crippen LogP contribution in [0.2, 0.25) is 0 Å². The van der Waals surface area contributed by atoms with Crippen molar-refractivity contribution in [1.82, 2.24) is 15.0 Å². The third-order valence-corrected chi connectivity index (χ3v) is 5.00. The molecular weight excluding hydrogens is 326 g/mol. The Kier molecular flexibility index (Phi) is 4.52. The first-order chi connectivity index (χ1) is 12.7. The lowest BCUT2D eigenvalue weighted by Gasteiger charge is -2.27. The zero-order chi connectivity index (χ0) is 17.9. The summed E-state index contributed by atoms with van der Waals surface area (Å²) in [5, 5.41) is 4.10. The second-order valence-electron chi connectivity index (χ2n) is 6.82. The molecule has 0 radical (unpaired) electrons. The number of hydrogen-bond acceptors (Lipinski definition) is 4. The molecule has 1 aliphatic carbocycles. The van der Waals surface area contributed by atoms with Gasteiger partial charge in [0.25, 0.3) is 0 Å². The fourth-order valence-corrected chi connectivity index (χ4v) is 3.58. The van der Waals surface area contributed by atoms with Crippen molar-refractivity contribution in [3.63, 3.8) is 0 Å². The summed E-state index contributed by atoms with van der Waals surface area (Å²) in [7, 11) is 1.83. The molecule has 5 heteroatoms. The lowest BCUT2D eigenvalue weighted by Crippen LogP contribution is -2.35. The smallest absolute Gasteiger partial charge is 0.226 e. The highest BCUT2D eigenvalue weighted by Crippen LogP contribution is 2.27. The Bertz CT molecular complexity index is 904. The number of fused-ring (bicyclic) bond motifs is 1. The van der Waals surface area contributed by atoms with Crippen LogP contribution in [0.15, 0.2) is 59.4 Å². The number of aryl methyl sites for hydroxylation is 1. The molecule has 0 bridgehead atoms. The average Bonchev–Trinajstić information content (AvgIpc) is 3.16. The van der Waals surface area contributed by atoms with Crippen molar-refractivity contribution in [3.05, 3.63) is 71.7 Å². The van der Waals surface area contributed by atoms with Gasteiger partial charge in [-0.15, -0.1) is 0 Å². The predicted molar refractivity (Wildman–Crippen MR) is 98.2 cm³/mol. The summed E-state index contributed by atoms with van der Waals surface area (Å²) in [5.41, 5.74) is 4.38. The van der Waals surface area contributed by atoms with Gasteiger partial charge in [0.2, 0.25) is 5.91 Å². The van der Waals surface area contributed by atoms with Crippen molar-refractivity contribution < 1.29 is 9.32 Å². The second kappa shape index (κ2) is 7.12. The molecule has 1 atom stereocenters. The molecule has 2 aromatic heterocycles. The van der Waals surface area contributed by atoms with Crippen LogP contribution in [0.3, 0.4) is 0 Å². The summed E-state index contributed by atoms with van der Waals surface area (Å²) in [6, 6.07) is 14.1. The van der Waals surface area contributed by atoms with Gasteiger partial charge < -0.3 is 9.42 Å². The summed E-state index contributed by atoms with van der Waals surface area (Å²) in [4.78, 5) is 18.6. The fraction of sp³-hybridized carbons (Fsp3) is 0.286. The number of aromatic nitrogens is 2. The molecule has 4 rings (SSSR count). The van der Waals surface area contributed by atoms with E-state index in [0.29, 0.717) is 12.3 Å². The van der Waals surface area contributed by atoms with Gasteiger partial charge in [0.05, 0.1) is 6.54 Å². The van der Waals surface area contributed by atoms with Gasteiger partial charge in [-0.1, -0.05) is 29.4 Å². The third-order valence-electron chi connectivity index (χ3n) is 5.00. The van der Waals surface area contributed by atoms with E-state index in [0.717, 1.165) is 30.5 Å². The Labute approximate surface area is 152 Å². The molecule has 3 aromatic rings. The van der Waals surface area contributed by atoms with Gasteiger partial charge in [-0.3, -0.25) is 9.78 Å². The summed E-state index contributed by atoms with van der Waals surface area (Å²) < 4.78 is 5.42. The number of carbonyl (C=O) groups is 1. The summed E-state index contributed by atoms with van der Waals surface area (Å²) in [5.74, 6) is 0.891. The molecule has 0 spiro atoms. The molecule has 132 valence electrons. The number of pyridine rings is 1. The molecule has 5 nitrogen and oxygen atoms in total. The Morgan fingerprint density at radius 2 is 1.96 bits per heavy atom. The zero-order valence-electron chi connectivity index (χ0n) is 14.8. The van der Waals surface area contributed by atoms with E-state index in [2.05, 4.69) is 28.3 Å². The van der Waals surface area contributed by atoms with E-state index in [9.17, 15) is 4.79 Å². The first-order valence-electron chi connectivity index (χ1n) is 8.88. The Hall–Kier alpha value is -2.95. The number of carbonyl (C=O) groups excluding carboxylic acids is 1. The van der Waals surface area contributed by atoms with Crippen LogP contribution in [-0.4, -0.2) is 28.0 Å². The molecule has 2 heterocycles. The maximum absolute atomic E-state index is 12.8. The fourth-order valence-electron chi connectivity index (χ4n) is 3.58. The molecule has 0 saturated heterocycles. The first-order valence-corrected chi connectivity index (χ1v) is 8.88. The van der Waals surface area contributed by atoms with E-state index in [1.54, 1.807) is 17.3 Å². The maximum Gasteiger partial charge on any atom is 0.226 e. The van der Waals surface area contributed by atoms with Crippen LogP contribution >= 0.6 is 0 Å². The van der Waals surface area contributed by atoms with Crippen LogP contribution < -0.4 is 0 Å². The maximum atomic E-state index is 12.8. The van der Waals surface area contributed by atoms with Gasteiger partial charge >= 0.3 is 0 Å². The lowest BCUT2D eigenvalue weighted by atomic mass is 9.83. The minimum Gasteiger partial charge on any atom is -0.359 e. The van der Waals surface area contributed by atoms with Crippen molar-refractivity contribution in [3.8, 4) is 11.3 Å². The molecule has 0 saturated carbocycles. The number of benzene rings is 1. The van der Waals surface area contributed by atoms with Gasteiger partial charge in [-0.25, -0.2) is 0 Å². The first kappa shape index (κ1) is 16.5. The minimum absolute atomic E-state index is 0.0393. The Morgan fingerprint density at radius 3 is 2.77 bits per heavy atom. The van der Waals surface area contributed by atoms with Gasteiger partial charge in [0.1, 0.15) is 5.69 Å². The second-order valence-corrected chi connectivity index (χ2v) is 6.82. The summed E-state index contributed by atoms with van der Waals surface area (Å²) in [6.45, 7) is 0.426. The van der Waals surface area contributed by atoms with Crippen LogP contribution in [0, 0.1) is 5.92 Å². The van der Waals surface area contributed by atoms with Crippen molar-refractivity contribution in [2.75, 3.05) is 7.05 Å². The van der Waals surface area contributed by atoms with E-state index < -0.39 is 0 Å². The number of nitrogens with zero attached hydrogens (tertiary/aromatic N) is 3. The standard InChI is InChI=1S/C21H21N3O2/c1-24(14-19-13-20(23-26-19)16-8-10-22-11-9-16)21(25)18-7-6-15-4-2-3-5-17(15)12-18/h2-5,8-11,13,18H,6-7,12,14H2,1H3/t18-/m0/s1. The molecule has 0 aliphatic heterocycles. The molecule has 0 N–H and O–H groups in total. The Balaban J connectivity index is 1.42. The molecule has 1 aliphatic rings. The number of amides is 1. The summed E-state index contributed by atoms with van der Waals surface area (Å²) >= 11 is 0. The largest absolute Gasteiger partial charge is 0.359 e. The highest BCUT2D eigenvalue weighted by molar-refractivity contribution is 5.79. The van der Waals surface area contributed by atoms with E-state index in [-0.39, 0.29) is 11.8 Å². The predicted octanol–water partition coefficient (Wildman–Crippen LogP) is 3.50.